The number of ether oxygens (including phenoxy) is 2. The van der Waals surface area contributed by atoms with Gasteiger partial charge in [-0.25, -0.2) is 9.78 Å². The SMILES string of the molecule is COCc1cc(OC(=O)N(C)C)nc(-c2ccc(Cl)cc2)n1. The molecule has 22 heavy (non-hydrogen) atoms. The quantitative estimate of drug-likeness (QED) is 0.866. The smallest absolute Gasteiger partial charge is 0.391 e. The Labute approximate surface area is 133 Å². The number of hydrogen-bond acceptors (Lipinski definition) is 5. The van der Waals surface area contributed by atoms with Crippen LogP contribution in [0.15, 0.2) is 30.3 Å². The number of methoxy groups -OCH3 is 1. The molecule has 1 aromatic heterocycles. The topological polar surface area (TPSA) is 64.6 Å². The van der Waals surface area contributed by atoms with Crippen molar-refractivity contribution in [1.29, 1.82) is 0 Å². The predicted octanol–water partition coefficient (Wildman–Crippen LogP) is 3.00. The van der Waals surface area contributed by atoms with Crippen molar-refractivity contribution in [3.05, 3.63) is 41.0 Å². The molecule has 0 bridgehead atoms. The van der Waals surface area contributed by atoms with Crippen LogP contribution in [0.5, 0.6) is 5.88 Å². The first kappa shape index (κ1) is 16.2. The number of rotatable bonds is 4. The molecule has 0 fully saturated rings. The molecule has 0 atom stereocenters. The van der Waals surface area contributed by atoms with Crippen molar-refractivity contribution in [2.45, 2.75) is 6.61 Å². The summed E-state index contributed by atoms with van der Waals surface area (Å²) in [5.41, 5.74) is 1.38. The lowest BCUT2D eigenvalue weighted by atomic mass is 10.2. The number of carbonyl (C=O) groups is 1. The van der Waals surface area contributed by atoms with E-state index in [1.54, 1.807) is 51.5 Å². The molecule has 0 saturated heterocycles. The highest BCUT2D eigenvalue weighted by Crippen LogP contribution is 2.21. The average molecular weight is 322 g/mol. The Bertz CT molecular complexity index is 660. The monoisotopic (exact) mass is 321 g/mol. The fraction of sp³-hybridized carbons (Fsp3) is 0.267. The van der Waals surface area contributed by atoms with Gasteiger partial charge in [0.25, 0.3) is 0 Å². The average Bonchev–Trinajstić information content (AvgIpc) is 2.48. The molecule has 7 heteroatoms. The van der Waals surface area contributed by atoms with Gasteiger partial charge >= 0.3 is 6.09 Å². The lowest BCUT2D eigenvalue weighted by Crippen LogP contribution is -2.25. The van der Waals surface area contributed by atoms with Gasteiger partial charge in [-0.1, -0.05) is 11.6 Å². The minimum Gasteiger partial charge on any atom is -0.391 e. The summed E-state index contributed by atoms with van der Waals surface area (Å²) in [4.78, 5) is 21.6. The summed E-state index contributed by atoms with van der Waals surface area (Å²) < 4.78 is 10.3. The fourth-order valence-electron chi connectivity index (χ4n) is 1.66. The van der Waals surface area contributed by atoms with Crippen LogP contribution < -0.4 is 4.74 Å². The molecule has 0 aliphatic carbocycles. The standard InChI is InChI=1S/C15H16ClN3O3/c1-19(2)15(20)22-13-8-12(9-21-3)17-14(18-13)10-4-6-11(16)7-5-10/h4-8H,9H2,1-3H3. The predicted molar refractivity (Wildman–Crippen MR) is 82.9 cm³/mol. The number of hydrogen-bond donors (Lipinski definition) is 0. The first-order valence-electron chi connectivity index (χ1n) is 6.51. The Morgan fingerprint density at radius 1 is 1.23 bits per heavy atom. The summed E-state index contributed by atoms with van der Waals surface area (Å²) in [7, 11) is 4.76. The fourth-order valence-corrected chi connectivity index (χ4v) is 1.78. The Balaban J connectivity index is 2.38. The largest absolute Gasteiger partial charge is 0.416 e. The van der Waals surface area contributed by atoms with Crippen LogP contribution in [0.4, 0.5) is 4.79 Å². The van der Waals surface area contributed by atoms with Gasteiger partial charge in [-0.15, -0.1) is 0 Å². The molecule has 0 spiro atoms. The highest BCUT2D eigenvalue weighted by molar-refractivity contribution is 6.30. The number of benzene rings is 1. The second kappa shape index (κ2) is 7.20. The van der Waals surface area contributed by atoms with E-state index >= 15 is 0 Å². The van der Waals surface area contributed by atoms with Gasteiger partial charge in [0.15, 0.2) is 5.82 Å². The molecule has 0 saturated carbocycles. The highest BCUT2D eigenvalue weighted by Gasteiger charge is 2.12. The van der Waals surface area contributed by atoms with Crippen molar-refractivity contribution in [3.63, 3.8) is 0 Å². The van der Waals surface area contributed by atoms with Crippen molar-refractivity contribution < 1.29 is 14.3 Å². The lowest BCUT2D eigenvalue weighted by Gasteiger charge is -2.12. The zero-order chi connectivity index (χ0) is 16.1. The zero-order valence-electron chi connectivity index (χ0n) is 12.5. The van der Waals surface area contributed by atoms with Gasteiger partial charge < -0.3 is 14.4 Å². The molecule has 0 aliphatic heterocycles. The number of amides is 1. The van der Waals surface area contributed by atoms with Gasteiger partial charge in [0.1, 0.15) is 0 Å². The zero-order valence-corrected chi connectivity index (χ0v) is 13.3. The molecule has 2 rings (SSSR count). The minimum atomic E-state index is -0.510. The molecule has 0 radical (unpaired) electrons. The molecule has 6 nitrogen and oxygen atoms in total. The molecule has 1 aromatic carbocycles. The van der Waals surface area contributed by atoms with Gasteiger partial charge in [-0.05, 0) is 24.3 Å². The van der Waals surface area contributed by atoms with E-state index in [0.29, 0.717) is 16.5 Å². The van der Waals surface area contributed by atoms with E-state index in [1.165, 1.54) is 4.90 Å². The normalized spacial score (nSPS) is 10.4. The molecular weight excluding hydrogens is 306 g/mol. The van der Waals surface area contributed by atoms with Gasteiger partial charge in [0.2, 0.25) is 5.88 Å². The molecule has 116 valence electrons. The molecular formula is C15H16ClN3O3. The molecule has 1 amide bonds. The van der Waals surface area contributed by atoms with Crippen LogP contribution in [0.1, 0.15) is 5.69 Å². The first-order valence-corrected chi connectivity index (χ1v) is 6.89. The summed E-state index contributed by atoms with van der Waals surface area (Å²) >= 11 is 5.88. The Morgan fingerprint density at radius 2 is 1.91 bits per heavy atom. The molecule has 0 unspecified atom stereocenters. The van der Waals surface area contributed by atoms with Crippen LogP contribution in [0.3, 0.4) is 0 Å². The van der Waals surface area contributed by atoms with E-state index in [1.807, 2.05) is 0 Å². The van der Waals surface area contributed by atoms with E-state index in [-0.39, 0.29) is 12.5 Å². The highest BCUT2D eigenvalue weighted by atomic mass is 35.5. The van der Waals surface area contributed by atoms with Crippen LogP contribution in [0.2, 0.25) is 5.02 Å². The summed E-state index contributed by atoms with van der Waals surface area (Å²) in [5.74, 6) is 0.610. The van der Waals surface area contributed by atoms with Gasteiger partial charge in [-0.3, -0.25) is 0 Å². The Morgan fingerprint density at radius 3 is 2.50 bits per heavy atom. The summed E-state index contributed by atoms with van der Waals surface area (Å²) in [6.07, 6.45) is -0.510. The van der Waals surface area contributed by atoms with Crippen molar-refractivity contribution in [3.8, 4) is 17.3 Å². The number of aromatic nitrogens is 2. The Hall–Kier alpha value is -2.18. The molecule has 2 aromatic rings. The second-order valence-corrected chi connectivity index (χ2v) is 5.16. The maximum absolute atomic E-state index is 11.7. The van der Waals surface area contributed by atoms with E-state index in [0.717, 1.165) is 5.56 Å². The Kier molecular flexibility index (Phi) is 5.30. The van der Waals surface area contributed by atoms with Gasteiger partial charge in [0.05, 0.1) is 12.3 Å². The van der Waals surface area contributed by atoms with E-state index in [4.69, 9.17) is 21.1 Å². The second-order valence-electron chi connectivity index (χ2n) is 4.72. The van der Waals surface area contributed by atoms with Crippen LogP contribution in [-0.2, 0) is 11.3 Å². The number of nitrogens with zero attached hydrogens (tertiary/aromatic N) is 3. The van der Waals surface area contributed by atoms with Crippen LogP contribution >= 0.6 is 11.6 Å². The van der Waals surface area contributed by atoms with E-state index in [9.17, 15) is 4.79 Å². The van der Waals surface area contributed by atoms with Crippen molar-refractivity contribution in [2.24, 2.45) is 0 Å². The van der Waals surface area contributed by atoms with E-state index in [2.05, 4.69) is 9.97 Å². The maximum atomic E-state index is 11.7. The minimum absolute atomic E-state index is 0.172. The third-order valence-corrected chi connectivity index (χ3v) is 2.96. The third kappa shape index (κ3) is 4.16. The number of carbonyl (C=O) groups excluding carboxylic acids is 1. The van der Waals surface area contributed by atoms with Gasteiger partial charge in [-0.2, -0.15) is 4.98 Å². The van der Waals surface area contributed by atoms with E-state index < -0.39 is 6.09 Å². The number of halogens is 1. The molecule has 1 heterocycles. The molecule has 0 aliphatic rings. The van der Waals surface area contributed by atoms with Crippen molar-refractivity contribution in [1.82, 2.24) is 14.9 Å². The van der Waals surface area contributed by atoms with Crippen LogP contribution in [-0.4, -0.2) is 42.2 Å². The summed E-state index contributed by atoms with van der Waals surface area (Å²) in [6.45, 7) is 0.287. The third-order valence-electron chi connectivity index (χ3n) is 2.71. The van der Waals surface area contributed by atoms with Crippen molar-refractivity contribution >= 4 is 17.7 Å². The van der Waals surface area contributed by atoms with Crippen LogP contribution in [0.25, 0.3) is 11.4 Å². The van der Waals surface area contributed by atoms with Crippen molar-refractivity contribution in [2.75, 3.05) is 21.2 Å². The maximum Gasteiger partial charge on any atom is 0.416 e. The lowest BCUT2D eigenvalue weighted by molar-refractivity contribution is 0.168. The summed E-state index contributed by atoms with van der Waals surface area (Å²) in [6, 6.07) is 8.66. The summed E-state index contributed by atoms with van der Waals surface area (Å²) in [5, 5.41) is 0.621. The van der Waals surface area contributed by atoms with Gasteiger partial charge in [0, 0.05) is 37.9 Å². The molecule has 0 N–H and O–H groups in total. The first-order chi connectivity index (χ1) is 10.5. The van der Waals surface area contributed by atoms with Crippen LogP contribution in [0, 0.1) is 0 Å².